The van der Waals surface area contributed by atoms with Gasteiger partial charge in [-0.05, 0) is 6.92 Å². The predicted molar refractivity (Wildman–Crippen MR) is 61.9 cm³/mol. The molecule has 0 saturated carbocycles. The molecule has 1 aromatic rings. The lowest BCUT2D eigenvalue weighted by atomic mass is 9.53. The van der Waals surface area contributed by atoms with E-state index in [1.165, 1.54) is 0 Å². The van der Waals surface area contributed by atoms with Crippen molar-refractivity contribution in [3.8, 4) is 5.75 Å². The zero-order valence-corrected chi connectivity index (χ0v) is 9.77. The molecule has 0 amide bonds. The Bertz CT molecular complexity index is 390. The molecular weight excluding hydrogens is 215 g/mol. The van der Waals surface area contributed by atoms with Crippen molar-refractivity contribution in [2.75, 3.05) is 0 Å². The van der Waals surface area contributed by atoms with Crippen LogP contribution in [0.3, 0.4) is 0 Å². The number of halogens is 3. The molecule has 1 aromatic carbocycles. The Kier molecular flexibility index (Phi) is 3.61. The molecule has 0 bridgehead atoms. The summed E-state index contributed by atoms with van der Waals surface area (Å²) in [5.41, 5.74) is 0. The highest BCUT2D eigenvalue weighted by Crippen LogP contribution is 2.28. The predicted octanol–water partition coefficient (Wildman–Crippen LogP) is 1.27. The second-order valence-corrected chi connectivity index (χ2v) is 4.83. The Hall–Kier alpha value is -1.06. The summed E-state index contributed by atoms with van der Waals surface area (Å²) in [7, 11) is 3.79. The van der Waals surface area contributed by atoms with E-state index in [4.69, 9.17) is 4.74 Å². The third kappa shape index (κ3) is 2.97. The van der Waals surface area contributed by atoms with E-state index in [1.807, 2.05) is 22.6 Å². The van der Waals surface area contributed by atoms with E-state index in [-0.39, 0.29) is 17.1 Å². The molecule has 0 spiro atoms. The number of hydrogen-bond donors (Lipinski definition) is 0. The summed E-state index contributed by atoms with van der Waals surface area (Å²) in [6.07, 6.45) is -0.358. The molecule has 0 aliphatic carbocycles. The fourth-order valence-electron chi connectivity index (χ4n) is 0.985. The Morgan fingerprint density at radius 1 is 1.25 bits per heavy atom. The average Bonchev–Trinajstić information content (AvgIpc) is 2.11. The minimum atomic E-state index is -1.24. The van der Waals surface area contributed by atoms with E-state index in [0.717, 1.165) is 6.07 Å². The fourth-order valence-corrected chi connectivity index (χ4v) is 0.985. The van der Waals surface area contributed by atoms with Gasteiger partial charge in [0, 0.05) is 12.1 Å². The summed E-state index contributed by atoms with van der Waals surface area (Å²) in [5.74, 6) is -3.64. The largest absolute Gasteiger partial charge is 0.488 e. The standard InChI is InChI=1S/C10H13B2F3O/c1-5(10(2,11)12)16-8-4-6(13)3-7(14)9(8)15/h3-5H,11-12H2,1-2H3. The van der Waals surface area contributed by atoms with E-state index in [0.29, 0.717) is 6.07 Å². The minimum absolute atomic E-state index is 0.241. The first-order valence-electron chi connectivity index (χ1n) is 5.03. The van der Waals surface area contributed by atoms with Crippen molar-refractivity contribution in [2.45, 2.75) is 25.2 Å². The van der Waals surface area contributed by atoms with Crippen molar-refractivity contribution in [1.82, 2.24) is 0 Å². The molecule has 0 aliphatic rings. The molecule has 0 aromatic heterocycles. The molecule has 0 heterocycles. The maximum atomic E-state index is 13.3. The van der Waals surface area contributed by atoms with Gasteiger partial charge in [0.2, 0.25) is 5.82 Å². The van der Waals surface area contributed by atoms with Crippen LogP contribution in [0.25, 0.3) is 0 Å². The number of ether oxygens (including phenoxy) is 1. The molecule has 0 N–H and O–H groups in total. The van der Waals surface area contributed by atoms with Crippen LogP contribution in [0.2, 0.25) is 5.21 Å². The zero-order chi connectivity index (χ0) is 12.5. The van der Waals surface area contributed by atoms with Crippen LogP contribution < -0.4 is 4.74 Å². The lowest BCUT2D eigenvalue weighted by Crippen LogP contribution is -2.29. The highest BCUT2D eigenvalue weighted by molar-refractivity contribution is 6.39. The Labute approximate surface area is 94.8 Å². The molecule has 0 aliphatic heterocycles. The highest BCUT2D eigenvalue weighted by Gasteiger charge is 2.24. The van der Waals surface area contributed by atoms with Crippen LogP contribution in [0.5, 0.6) is 5.75 Å². The number of benzene rings is 1. The van der Waals surface area contributed by atoms with Crippen LogP contribution in [0.15, 0.2) is 12.1 Å². The first-order valence-corrected chi connectivity index (χ1v) is 5.03. The van der Waals surface area contributed by atoms with E-state index in [1.54, 1.807) is 6.92 Å². The Morgan fingerprint density at radius 3 is 2.31 bits per heavy atom. The third-order valence-corrected chi connectivity index (χ3v) is 2.48. The number of rotatable bonds is 3. The monoisotopic (exact) mass is 228 g/mol. The summed E-state index contributed by atoms with van der Waals surface area (Å²) in [6.45, 7) is 3.62. The molecule has 1 nitrogen and oxygen atoms in total. The molecule has 0 saturated heterocycles. The molecule has 16 heavy (non-hydrogen) atoms. The van der Waals surface area contributed by atoms with E-state index < -0.39 is 17.5 Å². The molecule has 1 rings (SSSR count). The zero-order valence-electron chi connectivity index (χ0n) is 9.77. The molecule has 1 atom stereocenters. The maximum absolute atomic E-state index is 13.3. The highest BCUT2D eigenvalue weighted by atomic mass is 19.2. The van der Waals surface area contributed by atoms with Crippen molar-refractivity contribution in [1.29, 1.82) is 0 Å². The normalized spacial score (nSPS) is 13.6. The van der Waals surface area contributed by atoms with E-state index >= 15 is 0 Å². The molecular formula is C10H13B2F3O. The average molecular weight is 228 g/mol. The van der Waals surface area contributed by atoms with Gasteiger partial charge in [-0.1, -0.05) is 12.1 Å². The van der Waals surface area contributed by atoms with Crippen molar-refractivity contribution < 1.29 is 17.9 Å². The van der Waals surface area contributed by atoms with Crippen molar-refractivity contribution in [3.63, 3.8) is 0 Å². The van der Waals surface area contributed by atoms with E-state index in [9.17, 15) is 13.2 Å². The minimum Gasteiger partial charge on any atom is -0.488 e. The van der Waals surface area contributed by atoms with Crippen molar-refractivity contribution >= 4 is 15.7 Å². The fraction of sp³-hybridized carbons (Fsp3) is 0.400. The molecule has 1 unspecified atom stereocenters. The maximum Gasteiger partial charge on any atom is 0.200 e. The van der Waals surface area contributed by atoms with Gasteiger partial charge in [0.25, 0.3) is 0 Å². The first kappa shape index (κ1) is 13.0. The van der Waals surface area contributed by atoms with Gasteiger partial charge in [-0.3, -0.25) is 0 Å². The molecule has 86 valence electrons. The van der Waals surface area contributed by atoms with Gasteiger partial charge in [-0.2, -0.15) is 4.39 Å². The van der Waals surface area contributed by atoms with Crippen LogP contribution in [-0.4, -0.2) is 21.8 Å². The van der Waals surface area contributed by atoms with Gasteiger partial charge in [-0.15, -0.1) is 0 Å². The van der Waals surface area contributed by atoms with Crippen LogP contribution in [0.1, 0.15) is 13.8 Å². The summed E-state index contributed by atoms with van der Waals surface area (Å²) in [5, 5.41) is -0.241. The SMILES string of the molecule is BC(B)(C)C(C)Oc1cc(F)cc(F)c1F. The summed E-state index contributed by atoms with van der Waals surface area (Å²) >= 11 is 0. The lowest BCUT2D eigenvalue weighted by molar-refractivity contribution is 0.192. The van der Waals surface area contributed by atoms with Gasteiger partial charge in [0.15, 0.2) is 11.6 Å². The van der Waals surface area contributed by atoms with Crippen molar-refractivity contribution in [2.24, 2.45) is 0 Å². The van der Waals surface area contributed by atoms with Gasteiger partial charge < -0.3 is 4.74 Å². The summed E-state index contributed by atoms with van der Waals surface area (Å²) < 4.78 is 44.2. The summed E-state index contributed by atoms with van der Waals surface area (Å²) in [6, 6.07) is 1.34. The Morgan fingerprint density at radius 2 is 1.81 bits per heavy atom. The number of hydrogen-bond acceptors (Lipinski definition) is 1. The van der Waals surface area contributed by atoms with Gasteiger partial charge >= 0.3 is 0 Å². The van der Waals surface area contributed by atoms with Gasteiger partial charge in [0.05, 0.1) is 6.10 Å². The van der Waals surface area contributed by atoms with Gasteiger partial charge in [0.1, 0.15) is 21.5 Å². The molecule has 6 heteroatoms. The van der Waals surface area contributed by atoms with Crippen LogP contribution in [0, 0.1) is 17.5 Å². The topological polar surface area (TPSA) is 9.23 Å². The smallest absolute Gasteiger partial charge is 0.200 e. The van der Waals surface area contributed by atoms with Crippen LogP contribution in [0.4, 0.5) is 13.2 Å². The quantitative estimate of drug-likeness (QED) is 0.559. The Balaban J connectivity index is 2.98. The first-order chi connectivity index (χ1) is 7.21. The molecule has 0 fully saturated rings. The molecule has 0 radical (unpaired) electrons. The second-order valence-electron chi connectivity index (χ2n) is 4.83. The van der Waals surface area contributed by atoms with Crippen LogP contribution in [-0.2, 0) is 0 Å². The summed E-state index contributed by atoms with van der Waals surface area (Å²) in [4.78, 5) is 0. The second kappa shape index (κ2) is 4.44. The van der Waals surface area contributed by atoms with Crippen molar-refractivity contribution in [3.05, 3.63) is 29.6 Å². The lowest BCUT2D eigenvalue weighted by Gasteiger charge is -2.28. The van der Waals surface area contributed by atoms with Gasteiger partial charge in [-0.25, -0.2) is 8.78 Å². The van der Waals surface area contributed by atoms with Crippen LogP contribution >= 0.6 is 0 Å². The van der Waals surface area contributed by atoms with E-state index in [2.05, 4.69) is 0 Å². The third-order valence-electron chi connectivity index (χ3n) is 2.48.